The van der Waals surface area contributed by atoms with E-state index in [9.17, 15) is 4.79 Å². The summed E-state index contributed by atoms with van der Waals surface area (Å²) >= 11 is 1.83. The molecule has 0 spiro atoms. The molecule has 1 aliphatic carbocycles. The Hall–Kier alpha value is -0.760. The first-order chi connectivity index (χ1) is 6.74. The minimum atomic E-state index is -0.0828. The number of hydrogen-bond donors (Lipinski definition) is 0. The van der Waals surface area contributed by atoms with Crippen LogP contribution < -0.4 is 0 Å². The Morgan fingerprint density at radius 3 is 2.64 bits per heavy atom. The van der Waals surface area contributed by atoms with E-state index < -0.39 is 0 Å². The highest BCUT2D eigenvalue weighted by molar-refractivity contribution is 8.00. The monoisotopic (exact) mass is 206 g/mol. The second-order valence-corrected chi connectivity index (χ2v) is 5.36. The first-order valence-corrected chi connectivity index (χ1v) is 5.81. The van der Waals surface area contributed by atoms with Crippen LogP contribution in [0.15, 0.2) is 35.2 Å². The number of carbonyl (C=O) groups excluding carboxylic acids is 1. The SMILES string of the molecule is C[C@]1(C=O)CC[C@@H]1Sc1ccccc1. The number of carbonyl (C=O) groups is 1. The predicted octanol–water partition coefficient (Wildman–Crippen LogP) is 3.15. The standard InChI is InChI=1S/C12H14OS/c1-12(9-13)8-7-11(12)14-10-5-3-2-4-6-10/h2-6,9,11H,7-8H2,1H3/t11-,12+/m0/s1. The van der Waals surface area contributed by atoms with Gasteiger partial charge in [-0.25, -0.2) is 0 Å². The topological polar surface area (TPSA) is 17.1 Å². The van der Waals surface area contributed by atoms with Gasteiger partial charge in [-0.15, -0.1) is 11.8 Å². The molecular formula is C12H14OS. The summed E-state index contributed by atoms with van der Waals surface area (Å²) in [7, 11) is 0. The van der Waals surface area contributed by atoms with Crippen LogP contribution in [0.1, 0.15) is 19.8 Å². The maximum atomic E-state index is 10.9. The van der Waals surface area contributed by atoms with Crippen LogP contribution in [0.4, 0.5) is 0 Å². The number of hydrogen-bond acceptors (Lipinski definition) is 2. The summed E-state index contributed by atoms with van der Waals surface area (Å²) in [6.07, 6.45) is 3.33. The predicted molar refractivity (Wildman–Crippen MR) is 59.5 cm³/mol. The number of aldehydes is 1. The van der Waals surface area contributed by atoms with Crippen molar-refractivity contribution in [1.82, 2.24) is 0 Å². The van der Waals surface area contributed by atoms with E-state index in [-0.39, 0.29) is 5.41 Å². The molecule has 1 nitrogen and oxygen atoms in total. The van der Waals surface area contributed by atoms with E-state index in [4.69, 9.17) is 0 Å². The third-order valence-electron chi connectivity index (χ3n) is 2.97. The molecule has 14 heavy (non-hydrogen) atoms. The molecule has 0 saturated heterocycles. The molecule has 0 aliphatic heterocycles. The van der Waals surface area contributed by atoms with Crippen LogP contribution in [0.3, 0.4) is 0 Å². The van der Waals surface area contributed by atoms with Crippen LogP contribution in [0.2, 0.25) is 0 Å². The van der Waals surface area contributed by atoms with Gasteiger partial charge in [0.25, 0.3) is 0 Å². The van der Waals surface area contributed by atoms with Crippen LogP contribution in [-0.2, 0) is 4.79 Å². The van der Waals surface area contributed by atoms with Crippen molar-refractivity contribution in [1.29, 1.82) is 0 Å². The normalized spacial score (nSPS) is 30.8. The Bertz CT molecular complexity index is 322. The fraction of sp³-hybridized carbons (Fsp3) is 0.417. The van der Waals surface area contributed by atoms with E-state index >= 15 is 0 Å². The fourth-order valence-electron chi connectivity index (χ4n) is 1.71. The lowest BCUT2D eigenvalue weighted by Gasteiger charge is -2.42. The first kappa shape index (κ1) is 9.78. The van der Waals surface area contributed by atoms with Crippen molar-refractivity contribution >= 4 is 18.0 Å². The molecule has 0 N–H and O–H groups in total. The third-order valence-corrected chi connectivity index (χ3v) is 4.57. The Balaban J connectivity index is 2.03. The van der Waals surface area contributed by atoms with Gasteiger partial charge in [0.2, 0.25) is 0 Å². The third kappa shape index (κ3) is 1.71. The van der Waals surface area contributed by atoms with Crippen LogP contribution in [0, 0.1) is 5.41 Å². The van der Waals surface area contributed by atoms with Crippen molar-refractivity contribution in [2.24, 2.45) is 5.41 Å². The molecule has 0 radical (unpaired) electrons. The Labute approximate surface area is 88.9 Å². The van der Waals surface area contributed by atoms with Crippen molar-refractivity contribution in [2.75, 3.05) is 0 Å². The zero-order valence-corrected chi connectivity index (χ0v) is 9.09. The number of benzene rings is 1. The summed E-state index contributed by atoms with van der Waals surface area (Å²) in [6, 6.07) is 10.3. The van der Waals surface area contributed by atoms with Crippen molar-refractivity contribution in [3.63, 3.8) is 0 Å². The molecule has 2 rings (SSSR count). The summed E-state index contributed by atoms with van der Waals surface area (Å²) in [4.78, 5) is 12.2. The minimum Gasteiger partial charge on any atom is -0.303 e. The smallest absolute Gasteiger partial charge is 0.126 e. The number of thioether (sulfide) groups is 1. The van der Waals surface area contributed by atoms with Gasteiger partial charge in [0, 0.05) is 15.6 Å². The summed E-state index contributed by atoms with van der Waals surface area (Å²) in [5.74, 6) is 0. The molecule has 2 atom stereocenters. The van der Waals surface area contributed by atoms with Gasteiger partial charge in [0.05, 0.1) is 0 Å². The highest BCUT2D eigenvalue weighted by atomic mass is 32.2. The second kappa shape index (κ2) is 3.77. The molecule has 0 heterocycles. The molecule has 1 aromatic carbocycles. The van der Waals surface area contributed by atoms with Crippen LogP contribution >= 0.6 is 11.8 Å². The molecule has 74 valence electrons. The molecule has 0 aromatic heterocycles. The van der Waals surface area contributed by atoms with Crippen molar-refractivity contribution in [2.45, 2.75) is 29.9 Å². The summed E-state index contributed by atoms with van der Waals surface area (Å²) < 4.78 is 0. The fourth-order valence-corrected chi connectivity index (χ4v) is 3.03. The lowest BCUT2D eigenvalue weighted by molar-refractivity contribution is -0.118. The van der Waals surface area contributed by atoms with E-state index in [2.05, 4.69) is 19.1 Å². The Morgan fingerprint density at radius 1 is 1.43 bits per heavy atom. The van der Waals surface area contributed by atoms with Gasteiger partial charge < -0.3 is 4.79 Å². The maximum absolute atomic E-state index is 10.9. The van der Waals surface area contributed by atoms with Crippen molar-refractivity contribution < 1.29 is 4.79 Å². The molecule has 0 bridgehead atoms. The molecule has 1 aromatic rings. The van der Waals surface area contributed by atoms with E-state index in [0.29, 0.717) is 5.25 Å². The summed E-state index contributed by atoms with van der Waals surface area (Å²) in [5.41, 5.74) is -0.0828. The molecule has 0 amide bonds. The summed E-state index contributed by atoms with van der Waals surface area (Å²) in [5, 5.41) is 0.474. The Kier molecular flexibility index (Phi) is 2.64. The highest BCUT2D eigenvalue weighted by Gasteiger charge is 2.43. The van der Waals surface area contributed by atoms with Crippen molar-refractivity contribution in [3.05, 3.63) is 30.3 Å². The maximum Gasteiger partial charge on any atom is 0.126 e. The first-order valence-electron chi connectivity index (χ1n) is 4.93. The van der Waals surface area contributed by atoms with Gasteiger partial charge in [0.1, 0.15) is 6.29 Å². The molecule has 1 saturated carbocycles. The summed E-state index contributed by atoms with van der Waals surface area (Å²) in [6.45, 7) is 2.06. The molecular weight excluding hydrogens is 192 g/mol. The lowest BCUT2D eigenvalue weighted by Crippen LogP contribution is -2.41. The van der Waals surface area contributed by atoms with Gasteiger partial charge >= 0.3 is 0 Å². The van der Waals surface area contributed by atoms with E-state index in [1.54, 1.807) is 0 Å². The Morgan fingerprint density at radius 2 is 2.14 bits per heavy atom. The molecule has 1 aliphatic rings. The quantitative estimate of drug-likeness (QED) is 0.707. The number of rotatable bonds is 3. The minimum absolute atomic E-state index is 0.0828. The molecule has 0 unspecified atom stereocenters. The van der Waals surface area contributed by atoms with Gasteiger partial charge in [-0.05, 0) is 25.0 Å². The second-order valence-electron chi connectivity index (χ2n) is 4.08. The van der Waals surface area contributed by atoms with Gasteiger partial charge in [0.15, 0.2) is 0 Å². The van der Waals surface area contributed by atoms with Gasteiger partial charge in [-0.3, -0.25) is 0 Å². The zero-order chi connectivity index (χ0) is 10.0. The lowest BCUT2D eigenvalue weighted by atomic mass is 9.71. The highest BCUT2D eigenvalue weighted by Crippen LogP contribution is 2.48. The van der Waals surface area contributed by atoms with E-state index in [0.717, 1.165) is 19.1 Å². The van der Waals surface area contributed by atoms with Crippen molar-refractivity contribution in [3.8, 4) is 0 Å². The average Bonchev–Trinajstić information content (AvgIpc) is 2.25. The van der Waals surface area contributed by atoms with Crippen LogP contribution in [-0.4, -0.2) is 11.5 Å². The zero-order valence-electron chi connectivity index (χ0n) is 8.27. The molecule has 2 heteroatoms. The largest absolute Gasteiger partial charge is 0.303 e. The van der Waals surface area contributed by atoms with E-state index in [1.165, 1.54) is 4.90 Å². The molecule has 1 fully saturated rings. The van der Waals surface area contributed by atoms with Gasteiger partial charge in [-0.1, -0.05) is 25.1 Å². The van der Waals surface area contributed by atoms with E-state index in [1.807, 2.05) is 30.0 Å². The van der Waals surface area contributed by atoms with Crippen LogP contribution in [0.5, 0.6) is 0 Å². The van der Waals surface area contributed by atoms with Gasteiger partial charge in [-0.2, -0.15) is 0 Å². The average molecular weight is 206 g/mol. The van der Waals surface area contributed by atoms with Crippen LogP contribution in [0.25, 0.3) is 0 Å².